The fourth-order valence-corrected chi connectivity index (χ4v) is 2.78. The van der Waals surface area contributed by atoms with Crippen molar-refractivity contribution in [3.8, 4) is 11.8 Å². The van der Waals surface area contributed by atoms with Crippen LogP contribution in [0.2, 0.25) is 0 Å². The average Bonchev–Trinajstić information content (AvgIpc) is 2.43. The Bertz CT molecular complexity index is 460. The molecule has 1 fully saturated rings. The Balaban J connectivity index is 1.73. The normalized spacial score (nSPS) is 25.9. The average molecular weight is 275 g/mol. The fraction of sp³-hybridized carbons (Fsp3) is 0.562. The molecule has 0 amide bonds. The highest BCUT2D eigenvalue weighted by atomic mass is 16.5. The van der Waals surface area contributed by atoms with Gasteiger partial charge < -0.3 is 14.4 Å². The van der Waals surface area contributed by atoms with Gasteiger partial charge in [0.25, 0.3) is 0 Å². The van der Waals surface area contributed by atoms with Crippen LogP contribution >= 0.6 is 0 Å². The van der Waals surface area contributed by atoms with Crippen LogP contribution in [-0.4, -0.2) is 38.4 Å². The maximum Gasteiger partial charge on any atom is 0.137 e. The van der Waals surface area contributed by atoms with Gasteiger partial charge in [-0.15, -0.1) is 0 Å². The van der Waals surface area contributed by atoms with Crippen molar-refractivity contribution < 1.29 is 14.4 Å². The van der Waals surface area contributed by atoms with E-state index in [9.17, 15) is 0 Å². The Labute approximate surface area is 120 Å². The van der Waals surface area contributed by atoms with Crippen LogP contribution in [0.3, 0.4) is 0 Å². The van der Waals surface area contributed by atoms with Gasteiger partial charge in [0.15, 0.2) is 0 Å². The van der Waals surface area contributed by atoms with Crippen molar-refractivity contribution in [1.82, 2.24) is 0 Å². The lowest BCUT2D eigenvalue weighted by Crippen LogP contribution is -3.15. The second-order valence-corrected chi connectivity index (χ2v) is 5.48. The number of morpholine rings is 1. The molecule has 1 aromatic carbocycles. The van der Waals surface area contributed by atoms with Crippen molar-refractivity contribution in [2.75, 3.05) is 26.2 Å². The molecule has 4 heteroatoms. The summed E-state index contributed by atoms with van der Waals surface area (Å²) in [5.41, 5.74) is 0.605. The number of quaternary nitrogens is 1. The molecule has 0 bridgehead atoms. The summed E-state index contributed by atoms with van der Waals surface area (Å²) in [7, 11) is 0. The number of nitriles is 1. The predicted octanol–water partition coefficient (Wildman–Crippen LogP) is 1.02. The summed E-state index contributed by atoms with van der Waals surface area (Å²) in [6.45, 7) is 8.15. The van der Waals surface area contributed by atoms with Gasteiger partial charge in [0, 0.05) is 6.42 Å². The van der Waals surface area contributed by atoms with Crippen molar-refractivity contribution >= 4 is 0 Å². The quantitative estimate of drug-likeness (QED) is 0.816. The van der Waals surface area contributed by atoms with Crippen LogP contribution in [-0.2, 0) is 4.74 Å². The van der Waals surface area contributed by atoms with E-state index in [1.807, 2.05) is 18.2 Å². The van der Waals surface area contributed by atoms with Crippen LogP contribution in [0.4, 0.5) is 0 Å². The Kier molecular flexibility index (Phi) is 5.40. The van der Waals surface area contributed by atoms with E-state index in [2.05, 4.69) is 19.9 Å². The number of ether oxygens (including phenoxy) is 2. The number of nitrogens with zero attached hydrogens (tertiary/aromatic N) is 1. The van der Waals surface area contributed by atoms with E-state index in [-0.39, 0.29) is 0 Å². The highest BCUT2D eigenvalue weighted by Crippen LogP contribution is 2.16. The van der Waals surface area contributed by atoms with Crippen molar-refractivity contribution in [2.45, 2.75) is 32.5 Å². The minimum absolute atomic E-state index is 0.342. The molecule has 2 rings (SSSR count). The van der Waals surface area contributed by atoms with Crippen LogP contribution in [0.15, 0.2) is 24.3 Å². The first-order valence-electron chi connectivity index (χ1n) is 7.30. The van der Waals surface area contributed by atoms with Gasteiger partial charge in [0.2, 0.25) is 0 Å². The number of nitrogens with one attached hydrogen (secondary N) is 1. The maximum absolute atomic E-state index is 8.99. The van der Waals surface area contributed by atoms with Gasteiger partial charge in [-0.1, -0.05) is 12.1 Å². The van der Waals surface area contributed by atoms with Gasteiger partial charge in [-0.2, -0.15) is 5.26 Å². The molecule has 1 heterocycles. The van der Waals surface area contributed by atoms with E-state index in [1.54, 1.807) is 11.0 Å². The van der Waals surface area contributed by atoms with Gasteiger partial charge in [-0.25, -0.2) is 0 Å². The smallest absolute Gasteiger partial charge is 0.137 e. The molecule has 108 valence electrons. The predicted molar refractivity (Wildman–Crippen MR) is 76.8 cm³/mol. The Morgan fingerprint density at radius 2 is 2.00 bits per heavy atom. The van der Waals surface area contributed by atoms with E-state index < -0.39 is 0 Å². The summed E-state index contributed by atoms with van der Waals surface area (Å²) in [6, 6.07) is 9.53. The lowest BCUT2D eigenvalue weighted by molar-refractivity contribution is -0.915. The first-order valence-corrected chi connectivity index (χ1v) is 7.30. The second kappa shape index (κ2) is 7.28. The number of rotatable bonds is 5. The van der Waals surface area contributed by atoms with Crippen LogP contribution < -0.4 is 9.64 Å². The van der Waals surface area contributed by atoms with Crippen LogP contribution in [0.5, 0.6) is 5.75 Å². The highest BCUT2D eigenvalue weighted by molar-refractivity contribution is 5.42. The van der Waals surface area contributed by atoms with E-state index in [0.29, 0.717) is 30.1 Å². The molecule has 0 aliphatic carbocycles. The molecule has 2 atom stereocenters. The second-order valence-electron chi connectivity index (χ2n) is 5.48. The van der Waals surface area contributed by atoms with Crippen molar-refractivity contribution in [3.63, 3.8) is 0 Å². The monoisotopic (exact) mass is 275 g/mol. The van der Waals surface area contributed by atoms with E-state index in [4.69, 9.17) is 14.7 Å². The summed E-state index contributed by atoms with van der Waals surface area (Å²) in [6.07, 6.45) is 1.68. The third kappa shape index (κ3) is 4.22. The molecule has 1 N–H and O–H groups in total. The van der Waals surface area contributed by atoms with Crippen LogP contribution in [0.1, 0.15) is 25.8 Å². The molecule has 0 spiro atoms. The molecule has 0 radical (unpaired) electrons. The minimum Gasteiger partial charge on any atom is -0.492 e. The molecule has 0 aromatic heterocycles. The first-order chi connectivity index (χ1) is 9.69. The van der Waals surface area contributed by atoms with E-state index in [0.717, 1.165) is 26.1 Å². The maximum atomic E-state index is 8.99. The number of hydrogen-bond donors (Lipinski definition) is 1. The third-order valence-electron chi connectivity index (χ3n) is 3.56. The zero-order chi connectivity index (χ0) is 14.4. The van der Waals surface area contributed by atoms with Crippen molar-refractivity contribution in [1.29, 1.82) is 5.26 Å². The minimum atomic E-state index is 0.342. The lowest BCUT2D eigenvalue weighted by atomic mass is 10.2. The highest BCUT2D eigenvalue weighted by Gasteiger charge is 2.24. The Morgan fingerprint density at radius 1 is 1.30 bits per heavy atom. The van der Waals surface area contributed by atoms with Crippen LogP contribution in [0, 0.1) is 11.3 Å². The SMILES string of the molecule is C[C@@H]1C[NH+](CCCOc2ccccc2C#N)C[C@@H](C)O1. The summed E-state index contributed by atoms with van der Waals surface area (Å²) in [5.74, 6) is 0.689. The van der Waals surface area contributed by atoms with E-state index >= 15 is 0 Å². The summed E-state index contributed by atoms with van der Waals surface area (Å²) in [4.78, 5) is 1.58. The van der Waals surface area contributed by atoms with Crippen molar-refractivity contribution in [3.05, 3.63) is 29.8 Å². The topological polar surface area (TPSA) is 46.7 Å². The molecule has 1 saturated heterocycles. The first kappa shape index (κ1) is 14.8. The molecular formula is C16H23N2O2+. The van der Waals surface area contributed by atoms with Gasteiger partial charge in [0.1, 0.15) is 37.1 Å². The summed E-state index contributed by atoms with van der Waals surface area (Å²) in [5, 5.41) is 8.99. The van der Waals surface area contributed by atoms with Crippen molar-refractivity contribution in [2.24, 2.45) is 0 Å². The molecule has 1 aliphatic heterocycles. The zero-order valence-corrected chi connectivity index (χ0v) is 12.3. The van der Waals surface area contributed by atoms with Gasteiger partial charge in [-0.05, 0) is 26.0 Å². The van der Waals surface area contributed by atoms with Crippen LogP contribution in [0.25, 0.3) is 0 Å². The fourth-order valence-electron chi connectivity index (χ4n) is 2.78. The largest absolute Gasteiger partial charge is 0.492 e. The molecular weight excluding hydrogens is 252 g/mol. The zero-order valence-electron chi connectivity index (χ0n) is 12.3. The molecule has 0 unspecified atom stereocenters. The summed E-state index contributed by atoms with van der Waals surface area (Å²) < 4.78 is 11.4. The van der Waals surface area contributed by atoms with Gasteiger partial charge in [-0.3, -0.25) is 0 Å². The molecule has 0 saturated carbocycles. The summed E-state index contributed by atoms with van der Waals surface area (Å²) >= 11 is 0. The molecule has 1 aliphatic rings. The Morgan fingerprint density at radius 3 is 2.70 bits per heavy atom. The standard InChI is InChI=1S/C16H22N2O2/c1-13-11-18(12-14(2)20-13)8-5-9-19-16-7-4-3-6-15(16)10-17/h3-4,6-7,13-14H,5,8-9,11-12H2,1-2H3/p+1/t13-,14-/m1/s1. The van der Waals surface area contributed by atoms with Gasteiger partial charge >= 0.3 is 0 Å². The molecule has 20 heavy (non-hydrogen) atoms. The number of benzene rings is 1. The number of para-hydroxylation sites is 1. The molecule has 1 aromatic rings. The van der Waals surface area contributed by atoms with E-state index in [1.165, 1.54) is 0 Å². The number of hydrogen-bond acceptors (Lipinski definition) is 3. The lowest BCUT2D eigenvalue weighted by Gasteiger charge is -2.32. The third-order valence-corrected chi connectivity index (χ3v) is 3.56. The molecule has 4 nitrogen and oxygen atoms in total. The van der Waals surface area contributed by atoms with Gasteiger partial charge in [0.05, 0.1) is 18.7 Å². The Hall–Kier alpha value is -1.57.